The van der Waals surface area contributed by atoms with Gasteiger partial charge in [0.15, 0.2) is 5.78 Å². The van der Waals surface area contributed by atoms with E-state index in [1.54, 1.807) is 12.1 Å². The summed E-state index contributed by atoms with van der Waals surface area (Å²) in [6.07, 6.45) is 5.08. The smallest absolute Gasteiger partial charge is 0.233 e. The normalized spacial score (nSPS) is 25.1. The van der Waals surface area contributed by atoms with Crippen molar-refractivity contribution in [2.24, 2.45) is 11.8 Å². The molecule has 0 unspecified atom stereocenters. The molecule has 0 bridgehead atoms. The van der Waals surface area contributed by atoms with Crippen LogP contribution in [0.3, 0.4) is 0 Å². The van der Waals surface area contributed by atoms with Crippen LogP contribution in [-0.2, 0) is 9.59 Å². The van der Waals surface area contributed by atoms with Gasteiger partial charge in [-0.25, -0.2) is 0 Å². The fraction of sp³-hybridized carbons (Fsp3) is 0.357. The van der Waals surface area contributed by atoms with Crippen molar-refractivity contribution in [2.75, 3.05) is 6.54 Å². The highest BCUT2D eigenvalue weighted by Crippen LogP contribution is 2.35. The second-order valence-corrected chi connectivity index (χ2v) is 7.41. The second-order valence-electron chi connectivity index (χ2n) is 4.95. The fourth-order valence-electron chi connectivity index (χ4n) is 2.71. The van der Waals surface area contributed by atoms with Gasteiger partial charge in [0.1, 0.15) is 0 Å². The molecule has 0 radical (unpaired) electrons. The van der Waals surface area contributed by atoms with Gasteiger partial charge in [-0.05, 0) is 40.9 Å². The Morgan fingerprint density at radius 2 is 1.80 bits per heavy atom. The Morgan fingerprint density at radius 1 is 1.20 bits per heavy atom. The molecule has 2 aliphatic rings. The largest absolute Gasteiger partial charge is 0.291 e. The third kappa shape index (κ3) is 2.27. The summed E-state index contributed by atoms with van der Waals surface area (Å²) < 4.78 is 0.859. The Hall–Kier alpha value is -1.27. The van der Waals surface area contributed by atoms with Gasteiger partial charge < -0.3 is 0 Å². The summed E-state index contributed by atoms with van der Waals surface area (Å²) in [5.41, 5.74) is 0. The Labute approximate surface area is 128 Å². The van der Waals surface area contributed by atoms with E-state index in [9.17, 15) is 14.4 Å². The van der Waals surface area contributed by atoms with Crippen molar-refractivity contribution in [3.05, 3.63) is 32.9 Å². The number of Topliss-reactive ketones (excluding diaryl/α,β-unsaturated/α-hetero) is 1. The summed E-state index contributed by atoms with van der Waals surface area (Å²) in [6, 6.07) is 3.49. The number of ketones is 1. The van der Waals surface area contributed by atoms with Crippen LogP contribution in [0.4, 0.5) is 0 Å². The SMILES string of the molecule is O=C(CN1C(=O)[C@H]2CC=CC[C@@H]2C1=O)c1ccc(Br)s1. The van der Waals surface area contributed by atoms with Crippen molar-refractivity contribution < 1.29 is 14.4 Å². The van der Waals surface area contributed by atoms with Gasteiger partial charge >= 0.3 is 0 Å². The van der Waals surface area contributed by atoms with Crippen LogP contribution in [0.5, 0.6) is 0 Å². The molecule has 2 heterocycles. The van der Waals surface area contributed by atoms with E-state index in [0.717, 1.165) is 8.69 Å². The molecule has 4 nitrogen and oxygen atoms in total. The van der Waals surface area contributed by atoms with E-state index in [0.29, 0.717) is 17.7 Å². The zero-order valence-electron chi connectivity index (χ0n) is 10.5. The van der Waals surface area contributed by atoms with Gasteiger partial charge in [0.25, 0.3) is 0 Å². The molecular formula is C14H12BrNO3S. The molecule has 0 saturated carbocycles. The topological polar surface area (TPSA) is 54.5 Å². The van der Waals surface area contributed by atoms with E-state index in [1.165, 1.54) is 11.3 Å². The number of imide groups is 1. The van der Waals surface area contributed by atoms with Gasteiger partial charge in [-0.2, -0.15) is 0 Å². The third-order valence-corrected chi connectivity index (χ3v) is 5.41. The molecule has 20 heavy (non-hydrogen) atoms. The van der Waals surface area contributed by atoms with Gasteiger partial charge in [-0.15, -0.1) is 11.3 Å². The van der Waals surface area contributed by atoms with E-state index in [-0.39, 0.29) is 36.0 Å². The molecule has 2 atom stereocenters. The van der Waals surface area contributed by atoms with E-state index >= 15 is 0 Å². The minimum Gasteiger partial charge on any atom is -0.291 e. The highest BCUT2D eigenvalue weighted by Gasteiger charge is 2.47. The Kier molecular flexibility index (Phi) is 3.60. The number of carbonyl (C=O) groups excluding carboxylic acids is 3. The maximum atomic E-state index is 12.2. The molecule has 3 rings (SSSR count). The first-order chi connectivity index (χ1) is 9.58. The number of rotatable bonds is 3. The van der Waals surface area contributed by atoms with Gasteiger partial charge in [0, 0.05) is 0 Å². The average molecular weight is 354 g/mol. The van der Waals surface area contributed by atoms with Crippen LogP contribution in [0.15, 0.2) is 28.1 Å². The molecule has 104 valence electrons. The Morgan fingerprint density at radius 3 is 2.30 bits per heavy atom. The molecule has 1 saturated heterocycles. The number of nitrogens with zero attached hydrogens (tertiary/aromatic N) is 1. The summed E-state index contributed by atoms with van der Waals surface area (Å²) in [5.74, 6) is -1.12. The number of allylic oxidation sites excluding steroid dienone is 2. The standard InChI is InChI=1S/C14H12BrNO3S/c15-12-6-5-11(20-12)10(17)7-16-13(18)8-3-1-2-4-9(8)14(16)19/h1-2,5-6,8-9H,3-4,7H2/t8-,9-/m0/s1. The van der Waals surface area contributed by atoms with Crippen LogP contribution in [0.25, 0.3) is 0 Å². The minimum atomic E-state index is -0.268. The molecule has 1 aliphatic heterocycles. The van der Waals surface area contributed by atoms with E-state index in [4.69, 9.17) is 0 Å². The van der Waals surface area contributed by atoms with E-state index < -0.39 is 0 Å². The highest BCUT2D eigenvalue weighted by atomic mass is 79.9. The molecule has 2 amide bonds. The van der Waals surface area contributed by atoms with Crippen LogP contribution in [0.1, 0.15) is 22.5 Å². The first-order valence-electron chi connectivity index (χ1n) is 6.36. The summed E-state index contributed by atoms with van der Waals surface area (Å²) in [6.45, 7) is -0.141. The Bertz CT molecular complexity index is 596. The minimum absolute atomic E-state index is 0.141. The first-order valence-corrected chi connectivity index (χ1v) is 7.97. The van der Waals surface area contributed by atoms with Crippen LogP contribution in [0.2, 0.25) is 0 Å². The number of halogens is 1. The number of amides is 2. The summed E-state index contributed by atoms with van der Waals surface area (Å²) in [4.78, 5) is 38.3. The predicted molar refractivity (Wildman–Crippen MR) is 78.4 cm³/mol. The lowest BCUT2D eigenvalue weighted by molar-refractivity contribution is -0.139. The molecule has 0 N–H and O–H groups in total. The maximum absolute atomic E-state index is 12.2. The molecule has 1 aromatic heterocycles. The summed E-state index contributed by atoms with van der Waals surface area (Å²) >= 11 is 4.61. The van der Waals surface area contributed by atoms with Crippen LogP contribution >= 0.6 is 27.3 Å². The number of fused-ring (bicyclic) bond motifs is 1. The first kappa shape index (κ1) is 13.7. The second kappa shape index (κ2) is 5.26. The lowest BCUT2D eigenvalue weighted by atomic mass is 9.85. The Balaban J connectivity index is 1.76. The predicted octanol–water partition coefficient (Wildman–Crippen LogP) is 2.64. The molecule has 1 fully saturated rings. The summed E-state index contributed by atoms with van der Waals surface area (Å²) in [5, 5.41) is 0. The van der Waals surface area contributed by atoms with Crippen molar-refractivity contribution in [3.63, 3.8) is 0 Å². The molecule has 0 aromatic carbocycles. The number of hydrogen-bond donors (Lipinski definition) is 0. The third-order valence-electron chi connectivity index (χ3n) is 3.75. The lowest BCUT2D eigenvalue weighted by Crippen LogP contribution is -2.35. The highest BCUT2D eigenvalue weighted by molar-refractivity contribution is 9.11. The number of carbonyl (C=O) groups is 3. The van der Waals surface area contributed by atoms with Crippen molar-refractivity contribution in [3.8, 4) is 0 Å². The van der Waals surface area contributed by atoms with Gasteiger partial charge in [0.05, 0.1) is 27.0 Å². The van der Waals surface area contributed by atoms with Crippen molar-refractivity contribution in [2.45, 2.75) is 12.8 Å². The van der Waals surface area contributed by atoms with Crippen molar-refractivity contribution >= 4 is 44.9 Å². The van der Waals surface area contributed by atoms with Gasteiger partial charge in [0.2, 0.25) is 11.8 Å². The fourth-order valence-corrected chi connectivity index (χ4v) is 4.03. The molecule has 1 aliphatic carbocycles. The maximum Gasteiger partial charge on any atom is 0.233 e. The van der Waals surface area contributed by atoms with Crippen LogP contribution < -0.4 is 0 Å². The number of thiophene rings is 1. The van der Waals surface area contributed by atoms with Crippen molar-refractivity contribution in [1.82, 2.24) is 4.90 Å². The lowest BCUT2D eigenvalue weighted by Gasteiger charge is -2.14. The summed E-state index contributed by atoms with van der Waals surface area (Å²) in [7, 11) is 0. The van der Waals surface area contributed by atoms with Gasteiger partial charge in [-0.1, -0.05) is 12.2 Å². The molecular weight excluding hydrogens is 342 g/mol. The molecule has 6 heteroatoms. The van der Waals surface area contributed by atoms with Crippen LogP contribution in [-0.4, -0.2) is 29.0 Å². The van der Waals surface area contributed by atoms with Gasteiger partial charge in [-0.3, -0.25) is 19.3 Å². The average Bonchev–Trinajstić information content (AvgIpc) is 2.98. The molecule has 1 aromatic rings. The zero-order valence-corrected chi connectivity index (χ0v) is 12.9. The van der Waals surface area contributed by atoms with E-state index in [2.05, 4.69) is 15.9 Å². The van der Waals surface area contributed by atoms with Crippen LogP contribution in [0, 0.1) is 11.8 Å². The monoisotopic (exact) mass is 353 g/mol. The van der Waals surface area contributed by atoms with Crippen molar-refractivity contribution in [1.29, 1.82) is 0 Å². The quantitative estimate of drug-likeness (QED) is 0.476. The zero-order chi connectivity index (χ0) is 14.3. The van der Waals surface area contributed by atoms with E-state index in [1.807, 2.05) is 12.2 Å². The number of likely N-dealkylation sites (tertiary alicyclic amines) is 1. The molecule has 0 spiro atoms. The number of hydrogen-bond acceptors (Lipinski definition) is 4.